The maximum Gasteiger partial charge on any atom is 0.267 e. The first-order chi connectivity index (χ1) is 7.17. The van der Waals surface area contributed by atoms with Gasteiger partial charge >= 0.3 is 0 Å². The first-order valence-corrected chi connectivity index (χ1v) is 5.54. The van der Waals surface area contributed by atoms with Crippen molar-refractivity contribution in [2.75, 3.05) is 18.5 Å². The van der Waals surface area contributed by atoms with Gasteiger partial charge in [-0.3, -0.25) is 4.79 Å². The molecule has 0 radical (unpaired) electrons. The summed E-state index contributed by atoms with van der Waals surface area (Å²) in [6, 6.07) is 0. The molecule has 6 heteroatoms. The van der Waals surface area contributed by atoms with Crippen molar-refractivity contribution in [2.24, 2.45) is 5.41 Å². The van der Waals surface area contributed by atoms with E-state index in [2.05, 4.69) is 31.2 Å². The molecule has 0 spiro atoms. The lowest BCUT2D eigenvalue weighted by molar-refractivity contribution is 0.219. The van der Waals surface area contributed by atoms with Gasteiger partial charge in [-0.1, -0.05) is 0 Å². The highest BCUT2D eigenvalue weighted by Crippen LogP contribution is 2.44. The lowest BCUT2D eigenvalue weighted by atomic mass is 10.1. The largest absolute Gasteiger partial charge is 0.396 e. The van der Waals surface area contributed by atoms with Crippen LogP contribution in [0.25, 0.3) is 0 Å². The van der Waals surface area contributed by atoms with E-state index in [1.54, 1.807) is 0 Å². The summed E-state index contributed by atoms with van der Waals surface area (Å²) >= 11 is 3.16. The van der Waals surface area contributed by atoms with Gasteiger partial charge in [0.25, 0.3) is 5.56 Å². The maximum absolute atomic E-state index is 11.2. The van der Waals surface area contributed by atoms with Gasteiger partial charge in [0.15, 0.2) is 0 Å². The van der Waals surface area contributed by atoms with Crippen molar-refractivity contribution >= 4 is 21.7 Å². The maximum atomic E-state index is 11.2. The smallest absolute Gasteiger partial charge is 0.267 e. The lowest BCUT2D eigenvalue weighted by Crippen LogP contribution is -2.21. The highest BCUT2D eigenvalue weighted by molar-refractivity contribution is 9.10. The van der Waals surface area contributed by atoms with Crippen molar-refractivity contribution in [3.05, 3.63) is 21.2 Å². The van der Waals surface area contributed by atoms with E-state index in [-0.39, 0.29) is 17.6 Å². The van der Waals surface area contributed by atoms with Gasteiger partial charge in [-0.15, -0.1) is 0 Å². The number of H-pyrrole nitrogens is 1. The van der Waals surface area contributed by atoms with Crippen LogP contribution in [-0.2, 0) is 0 Å². The molecule has 0 atom stereocenters. The Morgan fingerprint density at radius 2 is 2.40 bits per heavy atom. The molecule has 5 nitrogen and oxygen atoms in total. The number of halogens is 1. The molecule has 1 saturated carbocycles. The van der Waals surface area contributed by atoms with Gasteiger partial charge in [-0.2, -0.15) is 0 Å². The zero-order chi connectivity index (χ0) is 10.9. The summed E-state index contributed by atoms with van der Waals surface area (Å²) in [5.41, 5.74) is -0.203. The van der Waals surface area contributed by atoms with Gasteiger partial charge in [0.05, 0.1) is 12.9 Å². The minimum Gasteiger partial charge on any atom is -0.396 e. The number of aromatic amines is 1. The predicted octanol–water partition coefficient (Wildman–Crippen LogP) is 0.717. The topological polar surface area (TPSA) is 78.0 Å². The van der Waals surface area contributed by atoms with Crippen molar-refractivity contribution in [1.29, 1.82) is 0 Å². The van der Waals surface area contributed by atoms with Crippen molar-refractivity contribution in [3.63, 3.8) is 0 Å². The molecule has 1 aromatic heterocycles. The summed E-state index contributed by atoms with van der Waals surface area (Å²) in [5.74, 6) is 0.526. The van der Waals surface area contributed by atoms with Crippen LogP contribution < -0.4 is 10.9 Å². The summed E-state index contributed by atoms with van der Waals surface area (Å²) < 4.78 is 0.402. The first-order valence-electron chi connectivity index (χ1n) is 4.75. The fourth-order valence-corrected chi connectivity index (χ4v) is 1.70. The van der Waals surface area contributed by atoms with Crippen LogP contribution in [0.1, 0.15) is 12.8 Å². The minimum absolute atomic E-state index is 0.00369. The second-order valence-electron chi connectivity index (χ2n) is 3.91. The third-order valence-electron chi connectivity index (χ3n) is 2.72. The third-order valence-corrected chi connectivity index (χ3v) is 3.46. The van der Waals surface area contributed by atoms with Crippen LogP contribution >= 0.6 is 15.9 Å². The molecule has 1 aliphatic carbocycles. The Labute approximate surface area is 95.1 Å². The summed E-state index contributed by atoms with van der Waals surface area (Å²) in [5, 5.41) is 12.2. The second-order valence-corrected chi connectivity index (χ2v) is 4.70. The van der Waals surface area contributed by atoms with E-state index >= 15 is 0 Å². The average molecular weight is 274 g/mol. The molecule has 1 fully saturated rings. The molecule has 0 aromatic carbocycles. The van der Waals surface area contributed by atoms with E-state index in [1.807, 2.05) is 0 Å². The molecule has 0 amide bonds. The van der Waals surface area contributed by atoms with Gasteiger partial charge in [0.2, 0.25) is 0 Å². The predicted molar refractivity (Wildman–Crippen MR) is 59.8 cm³/mol. The number of hydrogen-bond acceptors (Lipinski definition) is 4. The summed E-state index contributed by atoms with van der Waals surface area (Å²) in [6.07, 6.45) is 3.41. The Morgan fingerprint density at radius 1 is 1.67 bits per heavy atom. The Morgan fingerprint density at radius 3 is 3.00 bits per heavy atom. The van der Waals surface area contributed by atoms with E-state index in [1.165, 1.54) is 6.33 Å². The Bertz CT molecular complexity index is 414. The van der Waals surface area contributed by atoms with Gasteiger partial charge in [-0.05, 0) is 28.8 Å². The zero-order valence-corrected chi connectivity index (χ0v) is 9.67. The zero-order valence-electron chi connectivity index (χ0n) is 8.09. The van der Waals surface area contributed by atoms with Gasteiger partial charge in [0.1, 0.15) is 10.3 Å². The average Bonchev–Trinajstić information content (AvgIpc) is 3.01. The molecule has 1 aromatic rings. The summed E-state index contributed by atoms with van der Waals surface area (Å²) in [4.78, 5) is 17.7. The summed E-state index contributed by atoms with van der Waals surface area (Å²) in [6.45, 7) is 0.833. The van der Waals surface area contributed by atoms with E-state index in [0.29, 0.717) is 16.8 Å². The Balaban J connectivity index is 2.05. The van der Waals surface area contributed by atoms with Crippen LogP contribution in [0.15, 0.2) is 15.6 Å². The quantitative estimate of drug-likeness (QED) is 0.756. The standard InChI is InChI=1S/C9H12BrN3O2/c10-6-7(12-5-13-8(6)15)11-3-9(4-14)1-2-9/h5,14H,1-4H2,(H2,11,12,13,15). The van der Waals surface area contributed by atoms with Crippen LogP contribution in [-0.4, -0.2) is 28.2 Å². The van der Waals surface area contributed by atoms with E-state index < -0.39 is 0 Å². The number of rotatable bonds is 4. The van der Waals surface area contributed by atoms with Crippen LogP contribution in [0.4, 0.5) is 5.82 Å². The summed E-state index contributed by atoms with van der Waals surface area (Å²) in [7, 11) is 0. The van der Waals surface area contributed by atoms with Gasteiger partial charge in [-0.25, -0.2) is 4.98 Å². The number of hydrogen-bond donors (Lipinski definition) is 3. The first kappa shape index (κ1) is 10.6. The van der Waals surface area contributed by atoms with E-state index in [9.17, 15) is 4.79 Å². The van der Waals surface area contributed by atoms with Crippen LogP contribution in [0, 0.1) is 5.41 Å². The molecule has 3 N–H and O–H groups in total. The highest BCUT2D eigenvalue weighted by atomic mass is 79.9. The Kier molecular flexibility index (Phi) is 2.79. The highest BCUT2D eigenvalue weighted by Gasteiger charge is 2.41. The fraction of sp³-hybridized carbons (Fsp3) is 0.556. The fourth-order valence-electron chi connectivity index (χ4n) is 1.35. The molecule has 0 saturated heterocycles. The normalized spacial score (nSPS) is 17.5. The molecule has 2 rings (SSSR count). The molecule has 0 bridgehead atoms. The third kappa shape index (κ3) is 2.21. The van der Waals surface area contributed by atoms with Crippen LogP contribution in [0.3, 0.4) is 0 Å². The number of aromatic nitrogens is 2. The van der Waals surface area contributed by atoms with Gasteiger partial charge < -0.3 is 15.4 Å². The molecular formula is C9H12BrN3O2. The number of anilines is 1. The van der Waals surface area contributed by atoms with Gasteiger partial charge in [0, 0.05) is 12.0 Å². The number of nitrogens with zero attached hydrogens (tertiary/aromatic N) is 1. The van der Waals surface area contributed by atoms with E-state index in [4.69, 9.17) is 5.11 Å². The molecule has 15 heavy (non-hydrogen) atoms. The van der Waals surface area contributed by atoms with Crippen molar-refractivity contribution in [3.8, 4) is 0 Å². The molecular weight excluding hydrogens is 262 g/mol. The second kappa shape index (κ2) is 3.94. The number of aliphatic hydroxyl groups is 1. The molecule has 0 unspecified atom stereocenters. The molecule has 1 heterocycles. The SMILES string of the molecule is O=c1[nH]cnc(NCC2(CO)CC2)c1Br. The monoisotopic (exact) mass is 273 g/mol. The van der Waals surface area contributed by atoms with E-state index in [0.717, 1.165) is 12.8 Å². The molecule has 1 aliphatic rings. The minimum atomic E-state index is -0.207. The van der Waals surface area contributed by atoms with Crippen LogP contribution in [0.2, 0.25) is 0 Å². The molecule has 82 valence electrons. The number of aliphatic hydroxyl groups excluding tert-OH is 1. The van der Waals surface area contributed by atoms with Crippen molar-refractivity contribution in [2.45, 2.75) is 12.8 Å². The number of nitrogens with one attached hydrogen (secondary N) is 2. The van der Waals surface area contributed by atoms with Crippen LogP contribution in [0.5, 0.6) is 0 Å². The lowest BCUT2D eigenvalue weighted by Gasteiger charge is -2.13. The Hall–Kier alpha value is -0.880. The van der Waals surface area contributed by atoms with Crippen molar-refractivity contribution in [1.82, 2.24) is 9.97 Å². The van der Waals surface area contributed by atoms with Crippen molar-refractivity contribution < 1.29 is 5.11 Å². The molecule has 0 aliphatic heterocycles.